The molecule has 0 radical (unpaired) electrons. The molecule has 0 aliphatic heterocycles. The summed E-state index contributed by atoms with van der Waals surface area (Å²) in [5.41, 5.74) is 2.51. The van der Waals surface area contributed by atoms with Crippen molar-refractivity contribution < 1.29 is 5.11 Å². The maximum absolute atomic E-state index is 12.8. The maximum atomic E-state index is 12.8. The molecular formula is C18H19N5O3. The van der Waals surface area contributed by atoms with Gasteiger partial charge < -0.3 is 5.11 Å². The summed E-state index contributed by atoms with van der Waals surface area (Å²) in [6.07, 6.45) is 1.84. The zero-order valence-electron chi connectivity index (χ0n) is 14.8. The van der Waals surface area contributed by atoms with E-state index >= 15 is 0 Å². The predicted octanol–water partition coefficient (Wildman–Crippen LogP) is 0.959. The molecule has 0 amide bonds. The van der Waals surface area contributed by atoms with E-state index in [1.165, 1.54) is 9.13 Å². The quantitative estimate of drug-likeness (QED) is 0.594. The fraction of sp³-hybridized carbons (Fsp3) is 0.278. The largest absolute Gasteiger partial charge is 0.392 e. The van der Waals surface area contributed by atoms with Crippen LogP contribution in [0.3, 0.4) is 0 Å². The van der Waals surface area contributed by atoms with E-state index < -0.39 is 0 Å². The second kappa shape index (κ2) is 5.70. The number of aliphatic hydroxyl groups is 1. The van der Waals surface area contributed by atoms with Crippen LogP contribution in [0.15, 0.2) is 40.1 Å². The number of aromatic nitrogens is 5. The fourth-order valence-corrected chi connectivity index (χ4v) is 3.40. The zero-order valence-corrected chi connectivity index (χ0v) is 14.8. The van der Waals surface area contributed by atoms with Crippen molar-refractivity contribution in [2.24, 2.45) is 7.05 Å². The van der Waals surface area contributed by atoms with Gasteiger partial charge in [-0.2, -0.15) is 4.98 Å². The van der Waals surface area contributed by atoms with Crippen molar-refractivity contribution in [3.05, 3.63) is 62.6 Å². The Hall–Kier alpha value is -3.13. The van der Waals surface area contributed by atoms with Gasteiger partial charge in [-0.15, -0.1) is 0 Å². The Morgan fingerprint density at radius 1 is 1.23 bits per heavy atom. The van der Waals surface area contributed by atoms with Crippen LogP contribution in [-0.2, 0) is 20.2 Å². The normalized spacial score (nSPS) is 11.7. The molecule has 8 heteroatoms. The van der Waals surface area contributed by atoms with E-state index in [0.717, 1.165) is 16.9 Å². The number of hydrogen-bond donors (Lipinski definition) is 1. The third-order valence-corrected chi connectivity index (χ3v) is 4.69. The van der Waals surface area contributed by atoms with E-state index in [0.29, 0.717) is 23.5 Å². The number of aryl methyl sites for hydroxylation is 2. The topological polar surface area (TPSA) is 86.5 Å². The zero-order chi connectivity index (χ0) is 18.6. The smallest absolute Gasteiger partial charge is 0.332 e. The van der Waals surface area contributed by atoms with Crippen molar-refractivity contribution >= 4 is 16.9 Å². The molecular weight excluding hydrogens is 334 g/mol. The van der Waals surface area contributed by atoms with Gasteiger partial charge in [-0.1, -0.05) is 12.1 Å². The Morgan fingerprint density at radius 3 is 2.69 bits per heavy atom. The molecule has 0 aliphatic rings. The van der Waals surface area contributed by atoms with Crippen molar-refractivity contribution in [2.75, 3.05) is 0 Å². The highest BCUT2D eigenvalue weighted by Gasteiger charge is 2.20. The number of imidazole rings is 2. The molecule has 3 aromatic heterocycles. The number of nitrogens with zero attached hydrogens (tertiary/aromatic N) is 5. The SMILES string of the molecule is CCn1c(=O)c2c(nc3n(-c4cccc(CO)c4)c(C)cn23)n(C)c1=O. The minimum absolute atomic E-state index is 0.0590. The maximum Gasteiger partial charge on any atom is 0.332 e. The van der Waals surface area contributed by atoms with Gasteiger partial charge in [0.1, 0.15) is 0 Å². The van der Waals surface area contributed by atoms with Gasteiger partial charge in [-0.05, 0) is 31.5 Å². The molecule has 0 saturated heterocycles. The molecule has 1 aromatic carbocycles. The fourth-order valence-electron chi connectivity index (χ4n) is 3.40. The Bertz CT molecular complexity index is 1270. The predicted molar refractivity (Wildman–Crippen MR) is 97.9 cm³/mol. The summed E-state index contributed by atoms with van der Waals surface area (Å²) in [5, 5.41) is 9.41. The molecule has 0 aliphatic carbocycles. The lowest BCUT2D eigenvalue weighted by molar-refractivity contribution is 0.282. The van der Waals surface area contributed by atoms with Crippen molar-refractivity contribution in [1.82, 2.24) is 23.1 Å². The first-order valence-electron chi connectivity index (χ1n) is 8.38. The number of rotatable bonds is 3. The van der Waals surface area contributed by atoms with Crippen LogP contribution < -0.4 is 11.2 Å². The third-order valence-electron chi connectivity index (χ3n) is 4.69. The highest BCUT2D eigenvalue weighted by Crippen LogP contribution is 2.21. The highest BCUT2D eigenvalue weighted by molar-refractivity contribution is 5.76. The van der Waals surface area contributed by atoms with Crippen molar-refractivity contribution in [2.45, 2.75) is 27.0 Å². The summed E-state index contributed by atoms with van der Waals surface area (Å²) in [7, 11) is 1.62. The lowest BCUT2D eigenvalue weighted by Gasteiger charge is -2.07. The van der Waals surface area contributed by atoms with Crippen molar-refractivity contribution in [3.8, 4) is 5.69 Å². The van der Waals surface area contributed by atoms with Crippen LogP contribution in [-0.4, -0.2) is 28.2 Å². The first-order chi connectivity index (χ1) is 12.5. The molecule has 8 nitrogen and oxygen atoms in total. The van der Waals surface area contributed by atoms with Crippen LogP contribution in [0.25, 0.3) is 22.6 Å². The van der Waals surface area contributed by atoms with Crippen LogP contribution in [0.4, 0.5) is 0 Å². The van der Waals surface area contributed by atoms with E-state index in [2.05, 4.69) is 4.98 Å². The number of benzene rings is 1. The third kappa shape index (κ3) is 2.08. The first-order valence-corrected chi connectivity index (χ1v) is 8.38. The molecule has 134 valence electrons. The molecule has 0 atom stereocenters. The van der Waals surface area contributed by atoms with Gasteiger partial charge in [0.2, 0.25) is 5.78 Å². The second-order valence-electron chi connectivity index (χ2n) is 6.28. The first kappa shape index (κ1) is 16.3. The molecule has 26 heavy (non-hydrogen) atoms. The van der Waals surface area contributed by atoms with Crippen molar-refractivity contribution in [3.63, 3.8) is 0 Å². The van der Waals surface area contributed by atoms with Crippen molar-refractivity contribution in [1.29, 1.82) is 0 Å². The minimum atomic E-state index is -0.378. The molecule has 0 fully saturated rings. The summed E-state index contributed by atoms with van der Waals surface area (Å²) in [5.74, 6) is 0.550. The standard InChI is InChI=1S/C18H19N5O3/c1-4-21-16(25)14-15(20(3)18(21)26)19-17-22(14)9-11(2)23(17)13-7-5-6-12(8-13)10-24/h5-9,24H,4,10H2,1-3H3. The number of hydrogen-bond acceptors (Lipinski definition) is 4. The summed E-state index contributed by atoms with van der Waals surface area (Å²) >= 11 is 0. The van der Waals surface area contributed by atoms with Gasteiger partial charge in [-0.25, -0.2) is 4.79 Å². The van der Waals surface area contributed by atoms with Gasteiger partial charge in [-0.3, -0.25) is 22.9 Å². The van der Waals surface area contributed by atoms with Crippen LogP contribution in [0, 0.1) is 6.92 Å². The average molecular weight is 353 g/mol. The highest BCUT2D eigenvalue weighted by atomic mass is 16.3. The molecule has 0 unspecified atom stereocenters. The summed E-state index contributed by atoms with van der Waals surface area (Å²) in [4.78, 5) is 29.8. The lowest BCUT2D eigenvalue weighted by Crippen LogP contribution is -2.38. The van der Waals surface area contributed by atoms with Crippen LogP contribution in [0.1, 0.15) is 18.2 Å². The Kier molecular flexibility index (Phi) is 3.58. The summed E-state index contributed by atoms with van der Waals surface area (Å²) < 4.78 is 6.23. The molecule has 0 bridgehead atoms. The molecule has 0 saturated carbocycles. The van der Waals surface area contributed by atoms with E-state index in [-0.39, 0.29) is 17.9 Å². The lowest BCUT2D eigenvalue weighted by atomic mass is 10.2. The molecule has 4 rings (SSSR count). The number of aliphatic hydroxyl groups excluding tert-OH is 1. The Labute approximate surface area is 148 Å². The minimum Gasteiger partial charge on any atom is -0.392 e. The van der Waals surface area contributed by atoms with Crippen LogP contribution in [0.2, 0.25) is 0 Å². The monoisotopic (exact) mass is 353 g/mol. The van der Waals surface area contributed by atoms with E-state index in [1.54, 1.807) is 18.4 Å². The Morgan fingerprint density at radius 2 is 2.00 bits per heavy atom. The van der Waals surface area contributed by atoms with Gasteiger partial charge in [0.05, 0.1) is 6.61 Å². The van der Waals surface area contributed by atoms with Gasteiger partial charge in [0.25, 0.3) is 5.56 Å². The number of fused-ring (bicyclic) bond motifs is 3. The van der Waals surface area contributed by atoms with E-state index in [1.807, 2.05) is 42.0 Å². The van der Waals surface area contributed by atoms with E-state index in [4.69, 9.17) is 0 Å². The van der Waals surface area contributed by atoms with Gasteiger partial charge in [0.15, 0.2) is 11.2 Å². The molecule has 4 aromatic rings. The van der Waals surface area contributed by atoms with Gasteiger partial charge in [0, 0.05) is 31.2 Å². The molecule has 3 heterocycles. The second-order valence-corrected chi connectivity index (χ2v) is 6.28. The van der Waals surface area contributed by atoms with Gasteiger partial charge >= 0.3 is 5.69 Å². The average Bonchev–Trinajstić information content (AvgIpc) is 3.15. The summed E-state index contributed by atoms with van der Waals surface area (Å²) in [6, 6.07) is 7.48. The molecule has 1 N–H and O–H groups in total. The Balaban J connectivity index is 2.15. The summed E-state index contributed by atoms with van der Waals surface area (Å²) in [6.45, 7) is 3.93. The van der Waals surface area contributed by atoms with Crippen LogP contribution >= 0.6 is 0 Å². The molecule has 0 spiro atoms. The van der Waals surface area contributed by atoms with E-state index in [9.17, 15) is 14.7 Å². The van der Waals surface area contributed by atoms with Crippen LogP contribution in [0.5, 0.6) is 0 Å².